The molecule has 4 aromatic rings. The van der Waals surface area contributed by atoms with Crippen molar-refractivity contribution in [2.45, 2.75) is 32.4 Å². The van der Waals surface area contributed by atoms with Crippen molar-refractivity contribution < 1.29 is 9.53 Å². The molecule has 0 aliphatic carbocycles. The number of hydrogen-bond donors (Lipinski definition) is 0. The van der Waals surface area contributed by atoms with Crippen LogP contribution in [0.15, 0.2) is 67.3 Å². The van der Waals surface area contributed by atoms with Crippen LogP contribution in [-0.2, 0) is 11.5 Å². The summed E-state index contributed by atoms with van der Waals surface area (Å²) in [6, 6.07) is 15.0. The number of aromatic nitrogens is 3. The molecule has 0 radical (unpaired) electrons. The zero-order chi connectivity index (χ0) is 24.3. The fourth-order valence-electron chi connectivity index (χ4n) is 3.76. The van der Waals surface area contributed by atoms with Crippen molar-refractivity contribution in [1.29, 1.82) is 0 Å². The molecule has 0 bridgehead atoms. The van der Waals surface area contributed by atoms with Crippen LogP contribution in [0.5, 0.6) is 0 Å². The third kappa shape index (κ3) is 5.43. The molecule has 0 saturated carbocycles. The molecule has 0 unspecified atom stereocenters. The number of ether oxygens (including phenoxy) is 1. The molecule has 3 heterocycles. The minimum absolute atomic E-state index is 0.0462. The molecule has 0 fully saturated rings. The summed E-state index contributed by atoms with van der Waals surface area (Å²) < 4.78 is 7.92. The van der Waals surface area contributed by atoms with Crippen LogP contribution in [0.25, 0.3) is 22.2 Å². The van der Waals surface area contributed by atoms with Gasteiger partial charge in [-0.1, -0.05) is 31.8 Å². The van der Waals surface area contributed by atoms with Crippen molar-refractivity contribution in [3.63, 3.8) is 0 Å². The van der Waals surface area contributed by atoms with Crippen LogP contribution in [0.2, 0.25) is 25.7 Å². The summed E-state index contributed by atoms with van der Waals surface area (Å²) in [6.07, 6.45) is 7.02. The molecule has 0 atom stereocenters. The highest BCUT2D eigenvalue weighted by molar-refractivity contribution is 6.76. The molecule has 34 heavy (non-hydrogen) atoms. The summed E-state index contributed by atoms with van der Waals surface area (Å²) in [6.45, 7) is 8.08. The molecule has 6 nitrogen and oxygen atoms in total. The van der Waals surface area contributed by atoms with Gasteiger partial charge in [0.1, 0.15) is 12.4 Å². The molecular formula is C27H32N4O2Si. The number of benzene rings is 1. The van der Waals surface area contributed by atoms with Crippen molar-refractivity contribution in [3.8, 4) is 11.1 Å². The second kappa shape index (κ2) is 9.91. The average molecular weight is 473 g/mol. The molecule has 1 aromatic carbocycles. The minimum Gasteiger partial charge on any atom is -0.378 e. The summed E-state index contributed by atoms with van der Waals surface area (Å²) in [7, 11) is 2.87. The van der Waals surface area contributed by atoms with E-state index in [0.29, 0.717) is 24.5 Å². The van der Waals surface area contributed by atoms with Gasteiger partial charge >= 0.3 is 0 Å². The van der Waals surface area contributed by atoms with Gasteiger partial charge in [-0.25, -0.2) is 4.98 Å². The minimum atomic E-state index is -1.18. The van der Waals surface area contributed by atoms with Gasteiger partial charge in [-0.3, -0.25) is 9.78 Å². The molecule has 0 aliphatic rings. The lowest BCUT2D eigenvalue weighted by molar-refractivity contribution is 0.0896. The normalized spacial score (nSPS) is 11.7. The summed E-state index contributed by atoms with van der Waals surface area (Å²) in [5, 5.41) is 0.824. The Bertz CT molecular complexity index is 1280. The molecule has 176 valence electrons. The third-order valence-electron chi connectivity index (χ3n) is 5.84. The van der Waals surface area contributed by atoms with Crippen LogP contribution in [0, 0.1) is 0 Å². The van der Waals surface area contributed by atoms with E-state index in [1.807, 2.05) is 31.1 Å². The molecule has 7 heteroatoms. The quantitative estimate of drug-likeness (QED) is 0.177. The first kappa shape index (κ1) is 23.9. The van der Waals surface area contributed by atoms with Crippen LogP contribution in [-0.4, -0.2) is 49.1 Å². The maximum atomic E-state index is 13.4. The van der Waals surface area contributed by atoms with Crippen LogP contribution in [0.4, 0.5) is 5.69 Å². The van der Waals surface area contributed by atoms with Crippen molar-refractivity contribution >= 4 is 30.6 Å². The molecule has 3 aromatic heterocycles. The van der Waals surface area contributed by atoms with Gasteiger partial charge in [0, 0.05) is 81.3 Å². The highest BCUT2D eigenvalue weighted by Crippen LogP contribution is 2.29. The summed E-state index contributed by atoms with van der Waals surface area (Å²) >= 11 is 0. The van der Waals surface area contributed by atoms with Crippen LogP contribution in [0.3, 0.4) is 0 Å². The average Bonchev–Trinajstić information content (AvgIpc) is 3.19. The Balaban J connectivity index is 1.71. The van der Waals surface area contributed by atoms with Crippen molar-refractivity contribution in [1.82, 2.24) is 14.5 Å². The van der Waals surface area contributed by atoms with E-state index in [0.717, 1.165) is 33.9 Å². The summed E-state index contributed by atoms with van der Waals surface area (Å²) in [4.78, 5) is 24.3. The maximum absolute atomic E-state index is 13.4. The van der Waals surface area contributed by atoms with Gasteiger partial charge in [-0.2, -0.15) is 0 Å². The molecule has 0 amide bonds. The lowest BCUT2D eigenvalue weighted by Gasteiger charge is -2.15. The zero-order valence-electron chi connectivity index (χ0n) is 20.6. The number of carbonyl (C=O) groups excluding carboxylic acids is 1. The first-order valence-corrected chi connectivity index (χ1v) is 15.2. The van der Waals surface area contributed by atoms with Crippen LogP contribution in [0.1, 0.15) is 15.9 Å². The molecule has 0 spiro atoms. The van der Waals surface area contributed by atoms with E-state index < -0.39 is 8.07 Å². The number of nitrogens with zero attached hydrogens (tertiary/aromatic N) is 4. The SMILES string of the molecule is CN(C)c1ccc(-c2cnc3c(c2)c(C(=O)c2ccncc2)cn3COCC[Si](C)(C)C)cc1. The van der Waals surface area contributed by atoms with Gasteiger partial charge in [0.25, 0.3) is 0 Å². The first-order valence-electron chi connectivity index (χ1n) is 11.5. The van der Waals surface area contributed by atoms with E-state index in [1.54, 1.807) is 24.5 Å². The van der Waals surface area contributed by atoms with Gasteiger partial charge in [0.05, 0.1) is 0 Å². The molecular weight excluding hydrogens is 440 g/mol. The number of anilines is 1. The van der Waals surface area contributed by atoms with Crippen molar-refractivity contribution in [2.75, 3.05) is 25.6 Å². The summed E-state index contributed by atoms with van der Waals surface area (Å²) in [5.41, 5.74) is 5.14. The van der Waals surface area contributed by atoms with E-state index in [-0.39, 0.29) is 5.78 Å². The van der Waals surface area contributed by atoms with Crippen LogP contribution < -0.4 is 4.90 Å². The highest BCUT2D eigenvalue weighted by Gasteiger charge is 2.19. The third-order valence-corrected chi connectivity index (χ3v) is 7.55. The maximum Gasteiger partial charge on any atom is 0.195 e. The number of hydrogen-bond acceptors (Lipinski definition) is 5. The predicted molar refractivity (Wildman–Crippen MR) is 141 cm³/mol. The van der Waals surface area contributed by atoms with E-state index in [2.05, 4.69) is 59.9 Å². The number of ketones is 1. The fourth-order valence-corrected chi connectivity index (χ4v) is 4.52. The van der Waals surface area contributed by atoms with Gasteiger partial charge in [0.15, 0.2) is 5.78 Å². The Hall–Kier alpha value is -3.29. The van der Waals surface area contributed by atoms with E-state index in [1.165, 1.54) is 0 Å². The second-order valence-corrected chi connectivity index (χ2v) is 15.6. The smallest absolute Gasteiger partial charge is 0.195 e. The van der Waals surface area contributed by atoms with E-state index >= 15 is 0 Å². The Morgan fingerprint density at radius 1 is 1.03 bits per heavy atom. The van der Waals surface area contributed by atoms with E-state index in [9.17, 15) is 4.79 Å². The van der Waals surface area contributed by atoms with Gasteiger partial charge in [-0.15, -0.1) is 0 Å². The Kier molecular flexibility index (Phi) is 6.95. The Morgan fingerprint density at radius 2 is 1.74 bits per heavy atom. The van der Waals surface area contributed by atoms with Crippen molar-refractivity contribution in [2.24, 2.45) is 0 Å². The number of carbonyl (C=O) groups is 1. The Morgan fingerprint density at radius 3 is 2.38 bits per heavy atom. The Labute approximate surface area is 202 Å². The van der Waals surface area contributed by atoms with E-state index in [4.69, 9.17) is 9.72 Å². The van der Waals surface area contributed by atoms with Gasteiger partial charge in [0.2, 0.25) is 0 Å². The molecule has 0 aliphatic heterocycles. The van der Waals surface area contributed by atoms with Crippen LogP contribution >= 0.6 is 0 Å². The van der Waals surface area contributed by atoms with Crippen molar-refractivity contribution in [3.05, 3.63) is 78.4 Å². The van der Waals surface area contributed by atoms with Gasteiger partial charge < -0.3 is 14.2 Å². The van der Waals surface area contributed by atoms with Gasteiger partial charge in [-0.05, 0) is 41.9 Å². The lowest BCUT2D eigenvalue weighted by atomic mass is 10.0. The largest absolute Gasteiger partial charge is 0.378 e. The second-order valence-electron chi connectivity index (χ2n) is 9.96. The highest BCUT2D eigenvalue weighted by atomic mass is 28.3. The zero-order valence-corrected chi connectivity index (χ0v) is 21.6. The lowest BCUT2D eigenvalue weighted by Crippen LogP contribution is -2.22. The first-order chi connectivity index (χ1) is 16.2. The fraction of sp³-hybridized carbons (Fsp3) is 0.296. The number of fused-ring (bicyclic) bond motifs is 1. The number of pyridine rings is 2. The molecule has 0 saturated heterocycles. The predicted octanol–water partition coefficient (Wildman–Crippen LogP) is 5.71. The molecule has 4 rings (SSSR count). The standard InChI is InChI=1S/C27H32N4O2Si/c1-30(2)23-8-6-20(7-9-23)22-16-24-25(26(32)21-10-12-28-13-11-21)18-31(27(24)29-17-22)19-33-14-15-34(3,4)5/h6-13,16-18H,14-15,19H2,1-5H3. The topological polar surface area (TPSA) is 60.2 Å². The summed E-state index contributed by atoms with van der Waals surface area (Å²) in [5.74, 6) is -0.0462. The molecule has 0 N–H and O–H groups in total. The monoisotopic (exact) mass is 472 g/mol. The number of rotatable bonds is 9.